The number of hydrogen-bond acceptors (Lipinski definition) is 4. The van der Waals surface area contributed by atoms with Crippen molar-refractivity contribution < 1.29 is 14.0 Å². The molecule has 0 bridgehead atoms. The van der Waals surface area contributed by atoms with Crippen LogP contribution in [0.2, 0.25) is 0 Å². The lowest BCUT2D eigenvalue weighted by atomic mass is 10.1. The second kappa shape index (κ2) is 8.85. The second-order valence-electron chi connectivity index (χ2n) is 7.95. The predicted octanol–water partition coefficient (Wildman–Crippen LogP) is 2.51. The zero-order valence-corrected chi connectivity index (χ0v) is 17.7. The Bertz CT molecular complexity index is 1090. The van der Waals surface area contributed by atoms with E-state index in [9.17, 15) is 14.0 Å². The first-order chi connectivity index (χ1) is 14.9. The number of carbonyl (C=O) groups excluding carboxylic acids is 2. The Hall–Kier alpha value is -3.26. The Kier molecular flexibility index (Phi) is 5.99. The lowest BCUT2D eigenvalue weighted by Crippen LogP contribution is -2.55. The van der Waals surface area contributed by atoms with Gasteiger partial charge in [0.05, 0.1) is 11.6 Å². The molecule has 0 radical (unpaired) electrons. The zero-order valence-electron chi connectivity index (χ0n) is 17.7. The number of rotatable bonds is 5. The van der Waals surface area contributed by atoms with Crippen molar-refractivity contribution in [3.8, 4) is 0 Å². The predicted molar refractivity (Wildman–Crippen MR) is 116 cm³/mol. The Balaban J connectivity index is 1.34. The number of aromatic nitrogens is 2. The summed E-state index contributed by atoms with van der Waals surface area (Å²) in [6.07, 6.45) is 0. The number of halogens is 1. The average Bonchev–Trinajstić information content (AvgIpc) is 3.22. The van der Waals surface area contributed by atoms with Crippen molar-refractivity contribution in [2.24, 2.45) is 0 Å². The van der Waals surface area contributed by atoms with Gasteiger partial charge >= 0.3 is 0 Å². The van der Waals surface area contributed by atoms with E-state index < -0.39 is 0 Å². The van der Waals surface area contributed by atoms with Gasteiger partial charge in [-0.25, -0.2) is 4.39 Å². The van der Waals surface area contributed by atoms with Gasteiger partial charge < -0.3 is 9.80 Å². The molecule has 4 rings (SSSR count). The molecule has 0 saturated carbocycles. The summed E-state index contributed by atoms with van der Waals surface area (Å²) in [6.45, 7) is 4.51. The van der Waals surface area contributed by atoms with Crippen LogP contribution in [-0.2, 0) is 11.3 Å². The number of likely N-dealkylation sites (N-methyl/N-ethyl adjacent to an activating group) is 1. The van der Waals surface area contributed by atoms with E-state index in [-0.39, 0.29) is 23.7 Å². The molecule has 2 heterocycles. The quantitative estimate of drug-likeness (QED) is 0.685. The molecular formula is C23H26FN5O2. The van der Waals surface area contributed by atoms with Crippen LogP contribution in [0, 0.1) is 5.82 Å². The van der Waals surface area contributed by atoms with E-state index in [0.29, 0.717) is 38.4 Å². The Morgan fingerprint density at radius 1 is 1.13 bits per heavy atom. The van der Waals surface area contributed by atoms with Gasteiger partial charge in [-0.1, -0.05) is 30.3 Å². The van der Waals surface area contributed by atoms with E-state index in [0.717, 1.165) is 16.5 Å². The number of para-hydroxylation sites is 1. The SMILES string of the molecule is CC(C(=O)N(C)Cc1cccc(F)c1)N1CCN(C(=O)c2n[nH]c3ccccc23)CC1. The third kappa shape index (κ3) is 4.44. The maximum Gasteiger partial charge on any atom is 0.275 e. The van der Waals surface area contributed by atoms with Gasteiger partial charge in [-0.3, -0.25) is 19.6 Å². The van der Waals surface area contributed by atoms with Gasteiger partial charge in [0.15, 0.2) is 5.69 Å². The van der Waals surface area contributed by atoms with Gasteiger partial charge in [0.25, 0.3) is 5.91 Å². The van der Waals surface area contributed by atoms with Crippen LogP contribution in [0.3, 0.4) is 0 Å². The maximum atomic E-state index is 13.4. The highest BCUT2D eigenvalue weighted by Crippen LogP contribution is 2.18. The summed E-state index contributed by atoms with van der Waals surface area (Å²) in [4.78, 5) is 31.3. The van der Waals surface area contributed by atoms with Crippen molar-refractivity contribution >= 4 is 22.7 Å². The molecule has 1 unspecified atom stereocenters. The third-order valence-corrected chi connectivity index (χ3v) is 5.86. The van der Waals surface area contributed by atoms with Crippen molar-refractivity contribution in [3.63, 3.8) is 0 Å². The Morgan fingerprint density at radius 3 is 2.61 bits per heavy atom. The second-order valence-corrected chi connectivity index (χ2v) is 7.95. The number of hydrogen-bond donors (Lipinski definition) is 1. The van der Waals surface area contributed by atoms with Crippen LogP contribution in [0.4, 0.5) is 4.39 Å². The number of aromatic amines is 1. The van der Waals surface area contributed by atoms with Gasteiger partial charge in [-0.15, -0.1) is 0 Å². The fourth-order valence-electron chi connectivity index (χ4n) is 4.05. The third-order valence-electron chi connectivity index (χ3n) is 5.86. The summed E-state index contributed by atoms with van der Waals surface area (Å²) < 4.78 is 13.4. The summed E-state index contributed by atoms with van der Waals surface area (Å²) in [5.74, 6) is -0.432. The van der Waals surface area contributed by atoms with Gasteiger partial charge in [-0.05, 0) is 30.7 Å². The lowest BCUT2D eigenvalue weighted by molar-refractivity contribution is -0.136. The molecule has 7 nitrogen and oxygen atoms in total. The summed E-state index contributed by atoms with van der Waals surface area (Å²) >= 11 is 0. The lowest BCUT2D eigenvalue weighted by Gasteiger charge is -2.38. The molecule has 31 heavy (non-hydrogen) atoms. The summed E-state index contributed by atoms with van der Waals surface area (Å²) in [5.41, 5.74) is 2.03. The van der Waals surface area contributed by atoms with E-state index in [4.69, 9.17) is 0 Å². The fourth-order valence-corrected chi connectivity index (χ4v) is 4.05. The average molecular weight is 423 g/mol. The number of nitrogens with zero attached hydrogens (tertiary/aromatic N) is 4. The van der Waals surface area contributed by atoms with Crippen LogP contribution in [0.25, 0.3) is 10.9 Å². The van der Waals surface area contributed by atoms with Gasteiger partial charge in [0.2, 0.25) is 5.91 Å². The maximum absolute atomic E-state index is 13.4. The zero-order chi connectivity index (χ0) is 22.0. The Labute approximate surface area is 180 Å². The van der Waals surface area contributed by atoms with E-state index in [1.807, 2.05) is 31.2 Å². The van der Waals surface area contributed by atoms with Crippen molar-refractivity contribution in [2.45, 2.75) is 19.5 Å². The number of piperazine rings is 1. The van der Waals surface area contributed by atoms with E-state index in [1.165, 1.54) is 12.1 Å². The summed E-state index contributed by atoms with van der Waals surface area (Å²) in [7, 11) is 1.73. The largest absolute Gasteiger partial charge is 0.340 e. The minimum atomic E-state index is -0.318. The molecule has 162 valence electrons. The first-order valence-corrected chi connectivity index (χ1v) is 10.4. The molecule has 1 aromatic heterocycles. The molecule has 1 atom stereocenters. The van der Waals surface area contributed by atoms with Crippen LogP contribution in [0.5, 0.6) is 0 Å². The molecule has 1 saturated heterocycles. The Morgan fingerprint density at radius 2 is 1.87 bits per heavy atom. The monoisotopic (exact) mass is 423 g/mol. The first kappa shape index (κ1) is 21.0. The molecular weight excluding hydrogens is 397 g/mol. The molecule has 2 aromatic carbocycles. The molecule has 1 N–H and O–H groups in total. The molecule has 1 aliphatic heterocycles. The number of benzene rings is 2. The number of fused-ring (bicyclic) bond motifs is 1. The molecule has 1 aliphatic rings. The van der Waals surface area contributed by atoms with Crippen molar-refractivity contribution in [3.05, 3.63) is 65.6 Å². The van der Waals surface area contributed by atoms with Crippen LogP contribution >= 0.6 is 0 Å². The van der Waals surface area contributed by atoms with E-state index in [2.05, 4.69) is 15.1 Å². The molecule has 2 amide bonds. The van der Waals surface area contributed by atoms with Crippen molar-refractivity contribution in [2.75, 3.05) is 33.2 Å². The van der Waals surface area contributed by atoms with Gasteiger partial charge in [0, 0.05) is 45.2 Å². The van der Waals surface area contributed by atoms with Crippen LogP contribution < -0.4 is 0 Å². The molecule has 8 heteroatoms. The highest BCUT2D eigenvalue weighted by Gasteiger charge is 2.30. The molecule has 1 fully saturated rings. The number of nitrogens with one attached hydrogen (secondary N) is 1. The molecule has 0 aliphatic carbocycles. The summed E-state index contributed by atoms with van der Waals surface area (Å²) in [6, 6.07) is 13.5. The first-order valence-electron chi connectivity index (χ1n) is 10.4. The minimum absolute atomic E-state index is 0.0256. The van der Waals surface area contributed by atoms with E-state index >= 15 is 0 Å². The van der Waals surface area contributed by atoms with Crippen molar-refractivity contribution in [1.82, 2.24) is 24.9 Å². The standard InChI is InChI=1S/C23H26FN5O2/c1-16(22(30)27(2)15-17-6-5-7-18(24)14-17)28-10-12-29(13-11-28)23(31)21-19-8-3-4-9-20(19)25-26-21/h3-9,14,16H,10-13,15H2,1-2H3,(H,25,26). The smallest absolute Gasteiger partial charge is 0.275 e. The van der Waals surface area contributed by atoms with Crippen molar-refractivity contribution in [1.29, 1.82) is 0 Å². The normalized spacial score (nSPS) is 15.8. The summed E-state index contributed by atoms with van der Waals surface area (Å²) in [5, 5.41) is 7.93. The van der Waals surface area contributed by atoms with E-state index in [1.54, 1.807) is 29.0 Å². The molecule has 0 spiro atoms. The van der Waals surface area contributed by atoms with Gasteiger partial charge in [-0.2, -0.15) is 5.10 Å². The van der Waals surface area contributed by atoms with Crippen LogP contribution in [-0.4, -0.2) is 76.0 Å². The van der Waals surface area contributed by atoms with Crippen LogP contribution in [0.1, 0.15) is 23.0 Å². The minimum Gasteiger partial charge on any atom is -0.340 e. The highest BCUT2D eigenvalue weighted by atomic mass is 19.1. The number of H-pyrrole nitrogens is 1. The van der Waals surface area contributed by atoms with Crippen LogP contribution in [0.15, 0.2) is 48.5 Å². The van der Waals surface area contributed by atoms with Gasteiger partial charge in [0.1, 0.15) is 5.82 Å². The topological polar surface area (TPSA) is 72.5 Å². The molecule has 3 aromatic rings. The number of amides is 2. The number of carbonyl (C=O) groups is 2. The highest BCUT2D eigenvalue weighted by molar-refractivity contribution is 6.04. The fraction of sp³-hybridized carbons (Fsp3) is 0.348.